The van der Waals surface area contributed by atoms with Gasteiger partial charge in [-0.05, 0) is 65.5 Å². The van der Waals surface area contributed by atoms with Gasteiger partial charge in [-0.2, -0.15) is 5.26 Å². The van der Waals surface area contributed by atoms with Crippen molar-refractivity contribution in [2.75, 3.05) is 13.1 Å². The fourth-order valence-electron chi connectivity index (χ4n) is 3.41. The third-order valence-electron chi connectivity index (χ3n) is 4.93. The second-order valence-electron chi connectivity index (χ2n) is 6.44. The number of hydrogen-bond acceptors (Lipinski definition) is 3. The molecule has 3 atom stereocenters. The van der Waals surface area contributed by atoms with E-state index in [1.807, 2.05) is 0 Å². The molecule has 3 unspecified atom stereocenters. The molecule has 1 aliphatic rings. The zero-order chi connectivity index (χ0) is 15.0. The Hall–Kier alpha value is -0.590. The van der Waals surface area contributed by atoms with Crippen LogP contribution in [0.25, 0.3) is 0 Å². The van der Waals surface area contributed by atoms with Gasteiger partial charge in [0.2, 0.25) is 0 Å². The average Bonchev–Trinajstić information content (AvgIpc) is 2.46. The minimum Gasteiger partial charge on any atom is -0.299 e. The maximum Gasteiger partial charge on any atom is 0.106 e. The van der Waals surface area contributed by atoms with Crippen LogP contribution in [-0.2, 0) is 0 Å². The van der Waals surface area contributed by atoms with E-state index in [0.29, 0.717) is 12.1 Å². The molecule has 3 nitrogen and oxygen atoms in total. The summed E-state index contributed by atoms with van der Waals surface area (Å²) in [6.07, 6.45) is 8.10. The highest BCUT2D eigenvalue weighted by Crippen LogP contribution is 2.24. The second kappa shape index (κ2) is 8.64. The molecular formula is C17H33N3. The third-order valence-corrected chi connectivity index (χ3v) is 4.93. The maximum absolute atomic E-state index is 9.52. The van der Waals surface area contributed by atoms with Crippen molar-refractivity contribution in [1.82, 2.24) is 10.2 Å². The normalized spacial score (nSPS) is 26.9. The molecule has 0 aromatic heterocycles. The third kappa shape index (κ3) is 4.75. The van der Waals surface area contributed by atoms with Crippen LogP contribution in [0.1, 0.15) is 72.6 Å². The summed E-state index contributed by atoms with van der Waals surface area (Å²) < 4.78 is 0. The van der Waals surface area contributed by atoms with Gasteiger partial charge in [0.1, 0.15) is 5.54 Å². The Morgan fingerprint density at radius 3 is 2.40 bits per heavy atom. The number of rotatable bonds is 8. The zero-order valence-corrected chi connectivity index (χ0v) is 13.9. The summed E-state index contributed by atoms with van der Waals surface area (Å²) in [7, 11) is 0. The highest BCUT2D eigenvalue weighted by molar-refractivity contribution is 5.06. The first-order valence-corrected chi connectivity index (χ1v) is 8.50. The van der Waals surface area contributed by atoms with Crippen molar-refractivity contribution >= 4 is 0 Å². The van der Waals surface area contributed by atoms with Gasteiger partial charge in [0.05, 0.1) is 6.07 Å². The van der Waals surface area contributed by atoms with Crippen molar-refractivity contribution in [3.63, 3.8) is 0 Å². The van der Waals surface area contributed by atoms with Gasteiger partial charge < -0.3 is 0 Å². The molecule has 0 aliphatic carbocycles. The molecule has 0 saturated carbocycles. The molecule has 20 heavy (non-hydrogen) atoms. The number of nitrogens with one attached hydrogen (secondary N) is 1. The van der Waals surface area contributed by atoms with Crippen LogP contribution in [-0.4, -0.2) is 35.6 Å². The van der Waals surface area contributed by atoms with E-state index in [-0.39, 0.29) is 5.54 Å². The molecule has 1 N–H and O–H groups in total. The van der Waals surface area contributed by atoms with E-state index < -0.39 is 0 Å². The van der Waals surface area contributed by atoms with Gasteiger partial charge in [0.25, 0.3) is 0 Å². The van der Waals surface area contributed by atoms with Gasteiger partial charge in [0.15, 0.2) is 0 Å². The number of nitrogens with zero attached hydrogens (tertiary/aromatic N) is 2. The molecule has 1 heterocycles. The van der Waals surface area contributed by atoms with E-state index in [1.165, 1.54) is 19.3 Å². The quantitative estimate of drug-likeness (QED) is 0.736. The Morgan fingerprint density at radius 2 is 1.90 bits per heavy atom. The van der Waals surface area contributed by atoms with Gasteiger partial charge >= 0.3 is 0 Å². The predicted octanol–water partition coefficient (Wildman–Crippen LogP) is 3.70. The van der Waals surface area contributed by atoms with Crippen molar-refractivity contribution in [3.05, 3.63) is 0 Å². The van der Waals surface area contributed by atoms with Gasteiger partial charge in [0, 0.05) is 12.1 Å². The van der Waals surface area contributed by atoms with Crippen LogP contribution in [0, 0.1) is 11.3 Å². The lowest BCUT2D eigenvalue weighted by atomic mass is 9.90. The largest absolute Gasteiger partial charge is 0.299 e. The van der Waals surface area contributed by atoms with E-state index in [2.05, 4.69) is 44.0 Å². The summed E-state index contributed by atoms with van der Waals surface area (Å²) in [6.45, 7) is 11.1. The smallest absolute Gasteiger partial charge is 0.106 e. The summed E-state index contributed by atoms with van der Waals surface area (Å²) in [5.74, 6) is 0. The molecule has 1 aliphatic heterocycles. The van der Waals surface area contributed by atoms with Crippen molar-refractivity contribution in [3.8, 4) is 6.07 Å². The van der Waals surface area contributed by atoms with E-state index in [1.54, 1.807) is 0 Å². The first-order valence-electron chi connectivity index (χ1n) is 8.50. The van der Waals surface area contributed by atoms with E-state index in [4.69, 9.17) is 0 Å². The minimum atomic E-state index is -0.307. The van der Waals surface area contributed by atoms with Crippen LogP contribution >= 0.6 is 0 Å². The van der Waals surface area contributed by atoms with E-state index >= 15 is 0 Å². The lowest BCUT2D eigenvalue weighted by Crippen LogP contribution is -2.47. The first kappa shape index (κ1) is 17.5. The molecule has 0 amide bonds. The van der Waals surface area contributed by atoms with Crippen molar-refractivity contribution in [1.29, 1.82) is 5.26 Å². The molecule has 1 rings (SSSR count). The van der Waals surface area contributed by atoms with Crippen molar-refractivity contribution < 1.29 is 0 Å². The summed E-state index contributed by atoms with van der Waals surface area (Å²) in [5.41, 5.74) is -0.307. The van der Waals surface area contributed by atoms with Gasteiger partial charge in [-0.3, -0.25) is 10.2 Å². The molecule has 1 saturated heterocycles. The van der Waals surface area contributed by atoms with Gasteiger partial charge in [-0.1, -0.05) is 20.3 Å². The molecule has 1 fully saturated rings. The molecule has 0 radical (unpaired) electrons. The Morgan fingerprint density at radius 1 is 1.25 bits per heavy atom. The zero-order valence-electron chi connectivity index (χ0n) is 13.9. The minimum absolute atomic E-state index is 0.307. The standard InChI is InChI=1S/C17H33N3/c1-5-12-19-17(6-2,14-18)11-8-13-20-15(3)9-7-10-16(20)4/h15-16,19H,5-13H2,1-4H3. The van der Waals surface area contributed by atoms with E-state index in [0.717, 1.165) is 38.8 Å². The molecule has 116 valence electrons. The van der Waals surface area contributed by atoms with Crippen LogP contribution in [0.2, 0.25) is 0 Å². The second-order valence-corrected chi connectivity index (χ2v) is 6.44. The average molecular weight is 279 g/mol. The number of piperidine rings is 1. The first-order chi connectivity index (χ1) is 9.58. The monoisotopic (exact) mass is 279 g/mol. The Balaban J connectivity index is 2.45. The fraction of sp³-hybridized carbons (Fsp3) is 0.941. The summed E-state index contributed by atoms with van der Waals surface area (Å²) in [5, 5.41) is 13.0. The molecule has 0 aromatic carbocycles. The summed E-state index contributed by atoms with van der Waals surface area (Å²) >= 11 is 0. The highest BCUT2D eigenvalue weighted by Gasteiger charge is 2.28. The van der Waals surface area contributed by atoms with Crippen molar-refractivity contribution in [2.45, 2.75) is 90.3 Å². The predicted molar refractivity (Wildman–Crippen MR) is 85.6 cm³/mol. The lowest BCUT2D eigenvalue weighted by Gasteiger charge is -2.39. The highest BCUT2D eigenvalue weighted by atomic mass is 15.2. The number of hydrogen-bond donors (Lipinski definition) is 1. The van der Waals surface area contributed by atoms with Crippen LogP contribution in [0.5, 0.6) is 0 Å². The van der Waals surface area contributed by atoms with E-state index in [9.17, 15) is 5.26 Å². The molecule has 0 bridgehead atoms. The van der Waals surface area contributed by atoms with Crippen molar-refractivity contribution in [2.24, 2.45) is 0 Å². The van der Waals surface area contributed by atoms with Crippen LogP contribution in [0.4, 0.5) is 0 Å². The molecular weight excluding hydrogens is 246 g/mol. The van der Waals surface area contributed by atoms with Crippen LogP contribution < -0.4 is 5.32 Å². The van der Waals surface area contributed by atoms with Crippen LogP contribution in [0.3, 0.4) is 0 Å². The number of nitriles is 1. The Kier molecular flexibility index (Phi) is 7.55. The molecule has 3 heteroatoms. The van der Waals surface area contributed by atoms with Gasteiger partial charge in [-0.15, -0.1) is 0 Å². The fourth-order valence-corrected chi connectivity index (χ4v) is 3.41. The number of likely N-dealkylation sites (tertiary alicyclic amines) is 1. The topological polar surface area (TPSA) is 39.1 Å². The molecule has 0 spiro atoms. The SMILES string of the molecule is CCCNC(C#N)(CC)CCCN1C(C)CCCC1C. The lowest BCUT2D eigenvalue weighted by molar-refractivity contribution is 0.0988. The summed E-state index contributed by atoms with van der Waals surface area (Å²) in [4.78, 5) is 2.64. The van der Waals surface area contributed by atoms with Gasteiger partial charge in [-0.25, -0.2) is 0 Å². The Bertz CT molecular complexity index is 300. The Labute approximate surface area is 125 Å². The summed E-state index contributed by atoms with van der Waals surface area (Å²) in [6, 6.07) is 3.95. The maximum atomic E-state index is 9.52. The molecule has 0 aromatic rings. The van der Waals surface area contributed by atoms with Crippen LogP contribution in [0.15, 0.2) is 0 Å².